The number of fused-ring (bicyclic) bond motifs is 2. The summed E-state index contributed by atoms with van der Waals surface area (Å²) in [5.74, 6) is -3.05. The monoisotopic (exact) mass is 495 g/mol. The van der Waals surface area contributed by atoms with Gasteiger partial charge in [-0.2, -0.15) is 9.97 Å². The fraction of sp³-hybridized carbons (Fsp3) is 0.280. The second-order valence-corrected chi connectivity index (χ2v) is 9.20. The summed E-state index contributed by atoms with van der Waals surface area (Å²) in [7, 11) is 1.36. The van der Waals surface area contributed by atoms with Crippen LogP contribution in [0.25, 0.3) is 32.9 Å². The molecule has 8 nitrogen and oxygen atoms in total. The van der Waals surface area contributed by atoms with Crippen LogP contribution in [0.5, 0.6) is 11.8 Å². The normalized spacial score (nSPS) is 19.6. The molecule has 6 rings (SSSR count). The number of β-lactam (4-membered cyclic amide) rings is 1. The predicted molar refractivity (Wildman–Crippen MR) is 125 cm³/mol. The number of nitrogens with zero attached hydrogens (tertiary/aromatic N) is 4. The topological polar surface area (TPSA) is 100 Å². The maximum atomic E-state index is 16.0. The van der Waals surface area contributed by atoms with Crippen LogP contribution in [0.2, 0.25) is 0 Å². The average molecular weight is 495 g/mol. The number of phenols is 1. The van der Waals surface area contributed by atoms with Crippen LogP contribution >= 0.6 is 0 Å². The standard InChI is InChI=1S/C25H20F3N5O3/c1-36-24-30-22-15(23(31-24)33-6-2-5-25(11-33)9-17(35)32-25)10-29-21(20(22)28)14-8-13(34)7-12-3-4-16(26)19(27)18(12)14/h3-4,7-8,10,34H,2,5-6,9,11H2,1H3,(H,32,35). The van der Waals surface area contributed by atoms with Crippen molar-refractivity contribution in [2.75, 3.05) is 25.1 Å². The summed E-state index contributed by atoms with van der Waals surface area (Å²) in [6.45, 7) is 1.11. The quantitative estimate of drug-likeness (QED) is 0.417. The fourth-order valence-corrected chi connectivity index (χ4v) is 5.25. The lowest BCUT2D eigenvalue weighted by molar-refractivity contribution is -0.133. The van der Waals surface area contributed by atoms with E-state index in [1.807, 2.05) is 4.90 Å². The lowest BCUT2D eigenvalue weighted by Crippen LogP contribution is -2.68. The van der Waals surface area contributed by atoms with E-state index in [9.17, 15) is 18.7 Å². The molecule has 0 saturated carbocycles. The van der Waals surface area contributed by atoms with Crippen molar-refractivity contribution >= 4 is 33.4 Å². The SMILES string of the molecule is COc1nc(N2CCCC3(CC(=O)N3)C2)c2cnc(-c3cc(O)cc4ccc(F)c(F)c34)c(F)c2n1. The number of ether oxygens (including phenoxy) is 1. The van der Waals surface area contributed by atoms with Crippen molar-refractivity contribution in [3.05, 3.63) is 47.9 Å². The van der Waals surface area contributed by atoms with E-state index in [4.69, 9.17) is 4.74 Å². The Morgan fingerprint density at radius 1 is 1.17 bits per heavy atom. The average Bonchev–Trinajstić information content (AvgIpc) is 2.85. The third-order valence-corrected chi connectivity index (χ3v) is 6.85. The maximum Gasteiger partial charge on any atom is 0.318 e. The number of aromatic nitrogens is 3. The molecule has 4 heterocycles. The van der Waals surface area contributed by atoms with Crippen LogP contribution in [0.3, 0.4) is 0 Å². The van der Waals surface area contributed by atoms with Gasteiger partial charge in [0.15, 0.2) is 17.5 Å². The van der Waals surface area contributed by atoms with Crippen molar-refractivity contribution in [1.82, 2.24) is 20.3 Å². The molecule has 1 spiro atoms. The van der Waals surface area contributed by atoms with Crippen molar-refractivity contribution in [3.63, 3.8) is 0 Å². The minimum absolute atomic E-state index is 0.0126. The Labute approximate surface area is 202 Å². The first-order valence-electron chi connectivity index (χ1n) is 11.4. The van der Waals surface area contributed by atoms with E-state index in [-0.39, 0.29) is 50.8 Å². The maximum absolute atomic E-state index is 16.0. The molecule has 0 bridgehead atoms. The van der Waals surface area contributed by atoms with Gasteiger partial charge in [-0.3, -0.25) is 9.78 Å². The summed E-state index contributed by atoms with van der Waals surface area (Å²) in [6.07, 6.45) is 3.41. The number of carbonyl (C=O) groups excluding carboxylic acids is 1. The van der Waals surface area contributed by atoms with E-state index in [1.165, 1.54) is 25.4 Å². The van der Waals surface area contributed by atoms with Crippen LogP contribution < -0.4 is 15.0 Å². The summed E-state index contributed by atoms with van der Waals surface area (Å²) in [5.41, 5.74) is -0.892. The number of aromatic hydroxyl groups is 1. The zero-order valence-electron chi connectivity index (χ0n) is 19.1. The molecule has 2 aromatic carbocycles. The van der Waals surface area contributed by atoms with Gasteiger partial charge in [-0.1, -0.05) is 6.07 Å². The van der Waals surface area contributed by atoms with Crippen molar-refractivity contribution < 1.29 is 27.8 Å². The third-order valence-electron chi connectivity index (χ3n) is 6.85. The summed E-state index contributed by atoms with van der Waals surface area (Å²) in [6, 6.07) is 4.55. The highest BCUT2D eigenvalue weighted by molar-refractivity contribution is 6.00. The molecule has 2 aliphatic rings. The van der Waals surface area contributed by atoms with Crippen molar-refractivity contribution in [2.45, 2.75) is 24.8 Å². The molecule has 1 atom stereocenters. The highest BCUT2D eigenvalue weighted by atomic mass is 19.2. The number of phenolic OH excluding ortho intramolecular Hbond substituents is 1. The Morgan fingerprint density at radius 2 is 1.97 bits per heavy atom. The number of amides is 1. The smallest absolute Gasteiger partial charge is 0.318 e. The van der Waals surface area contributed by atoms with E-state index < -0.39 is 17.5 Å². The molecule has 0 radical (unpaired) electrons. The molecule has 11 heteroatoms. The molecule has 2 N–H and O–H groups in total. The molecule has 1 amide bonds. The molecule has 2 saturated heterocycles. The van der Waals surface area contributed by atoms with Crippen LogP contribution in [0, 0.1) is 17.5 Å². The molecule has 36 heavy (non-hydrogen) atoms. The molecule has 2 fully saturated rings. The Morgan fingerprint density at radius 3 is 2.72 bits per heavy atom. The van der Waals surface area contributed by atoms with Gasteiger partial charge in [-0.15, -0.1) is 0 Å². The highest BCUT2D eigenvalue weighted by Gasteiger charge is 2.46. The van der Waals surface area contributed by atoms with Crippen molar-refractivity contribution in [3.8, 4) is 23.0 Å². The Balaban J connectivity index is 1.54. The number of halogens is 3. The first kappa shape index (κ1) is 22.3. The number of benzene rings is 2. The van der Waals surface area contributed by atoms with E-state index in [0.717, 1.165) is 25.0 Å². The summed E-state index contributed by atoms with van der Waals surface area (Å²) < 4.78 is 50.1. The number of methoxy groups -OCH3 is 1. The van der Waals surface area contributed by atoms with Gasteiger partial charge in [0, 0.05) is 30.2 Å². The Bertz CT molecular complexity index is 1570. The number of pyridine rings is 1. The highest BCUT2D eigenvalue weighted by Crippen LogP contribution is 2.39. The van der Waals surface area contributed by atoms with Crippen LogP contribution in [0.4, 0.5) is 19.0 Å². The zero-order chi connectivity index (χ0) is 25.2. The van der Waals surface area contributed by atoms with E-state index in [1.54, 1.807) is 0 Å². The summed E-state index contributed by atoms with van der Waals surface area (Å²) >= 11 is 0. The molecule has 4 aromatic rings. The fourth-order valence-electron chi connectivity index (χ4n) is 5.25. The Hall–Kier alpha value is -4.15. The predicted octanol–water partition coefficient (Wildman–Crippen LogP) is 3.84. The van der Waals surface area contributed by atoms with E-state index in [0.29, 0.717) is 30.7 Å². The van der Waals surface area contributed by atoms with Crippen LogP contribution in [0.1, 0.15) is 19.3 Å². The second-order valence-electron chi connectivity index (χ2n) is 9.20. The van der Waals surface area contributed by atoms with Gasteiger partial charge in [0.25, 0.3) is 0 Å². The number of anilines is 1. The minimum Gasteiger partial charge on any atom is -0.508 e. The van der Waals surface area contributed by atoms with E-state index >= 15 is 4.39 Å². The van der Waals surface area contributed by atoms with Crippen molar-refractivity contribution in [2.24, 2.45) is 0 Å². The Kier molecular flexibility index (Phi) is 4.92. The van der Waals surface area contributed by atoms with Gasteiger partial charge in [-0.05, 0) is 36.4 Å². The number of hydrogen-bond acceptors (Lipinski definition) is 7. The zero-order valence-corrected chi connectivity index (χ0v) is 19.1. The molecular weight excluding hydrogens is 475 g/mol. The molecule has 1 unspecified atom stereocenters. The lowest BCUT2D eigenvalue weighted by atomic mass is 9.80. The van der Waals surface area contributed by atoms with Crippen molar-refractivity contribution in [1.29, 1.82) is 0 Å². The first-order valence-corrected chi connectivity index (χ1v) is 11.4. The van der Waals surface area contributed by atoms with Gasteiger partial charge < -0.3 is 20.1 Å². The van der Waals surface area contributed by atoms with Gasteiger partial charge in [-0.25, -0.2) is 13.2 Å². The second kappa shape index (κ2) is 7.94. The van der Waals surface area contributed by atoms with Gasteiger partial charge in [0.2, 0.25) is 5.91 Å². The summed E-state index contributed by atoms with van der Waals surface area (Å²) in [5, 5.41) is 13.4. The molecule has 184 valence electrons. The van der Waals surface area contributed by atoms with Crippen LogP contribution in [-0.4, -0.2) is 51.7 Å². The lowest BCUT2D eigenvalue weighted by Gasteiger charge is -2.49. The molecule has 0 aliphatic carbocycles. The van der Waals surface area contributed by atoms with Crippen LogP contribution in [-0.2, 0) is 4.79 Å². The first-order chi connectivity index (χ1) is 17.3. The molecule has 2 aromatic heterocycles. The molecule has 2 aliphatic heterocycles. The van der Waals surface area contributed by atoms with Gasteiger partial charge in [0.05, 0.1) is 24.5 Å². The van der Waals surface area contributed by atoms with Crippen LogP contribution in [0.15, 0.2) is 30.5 Å². The number of piperidine rings is 1. The largest absolute Gasteiger partial charge is 0.508 e. The third kappa shape index (κ3) is 3.37. The number of hydrogen-bond donors (Lipinski definition) is 2. The minimum atomic E-state index is -1.18. The number of nitrogens with one attached hydrogen (secondary N) is 1. The van der Waals surface area contributed by atoms with Gasteiger partial charge in [0.1, 0.15) is 22.8 Å². The van der Waals surface area contributed by atoms with Gasteiger partial charge >= 0.3 is 6.01 Å². The molecular formula is C25H20F3N5O3. The summed E-state index contributed by atoms with van der Waals surface area (Å²) in [4.78, 5) is 26.4. The number of rotatable bonds is 3. The number of carbonyl (C=O) groups is 1. The van der Waals surface area contributed by atoms with E-state index in [2.05, 4.69) is 20.3 Å².